The van der Waals surface area contributed by atoms with E-state index in [2.05, 4.69) is 24.1 Å². The fourth-order valence-electron chi connectivity index (χ4n) is 1.61. The largest absolute Gasteiger partial charge is 0.389 e. The van der Waals surface area contributed by atoms with Gasteiger partial charge in [-0.15, -0.1) is 0 Å². The van der Waals surface area contributed by atoms with E-state index in [-0.39, 0.29) is 0 Å². The van der Waals surface area contributed by atoms with Gasteiger partial charge >= 0.3 is 0 Å². The number of hydrogen-bond acceptors (Lipinski definition) is 3. The van der Waals surface area contributed by atoms with E-state index >= 15 is 0 Å². The van der Waals surface area contributed by atoms with Gasteiger partial charge in [-0.3, -0.25) is 0 Å². The van der Waals surface area contributed by atoms with E-state index in [4.69, 9.17) is 0 Å². The molecular weight excluding hydrogens is 202 g/mol. The Hall–Kier alpha value is -0.870. The standard InChI is InChI=1S/C12H23N3O/c1-5-10(2)12(3,16)9-13-8-11-14-6-7-15(11)4/h6-7,10,13,16H,5,8-9H2,1-4H3. The molecule has 16 heavy (non-hydrogen) atoms. The van der Waals surface area contributed by atoms with Crippen molar-refractivity contribution in [3.05, 3.63) is 18.2 Å². The maximum absolute atomic E-state index is 10.2. The first kappa shape index (κ1) is 13.2. The zero-order valence-corrected chi connectivity index (χ0v) is 10.7. The van der Waals surface area contributed by atoms with Crippen molar-refractivity contribution in [1.29, 1.82) is 0 Å². The molecule has 2 atom stereocenters. The monoisotopic (exact) mass is 225 g/mol. The van der Waals surface area contributed by atoms with Crippen LogP contribution in [0.1, 0.15) is 33.0 Å². The maximum atomic E-state index is 10.2. The molecule has 1 rings (SSSR count). The van der Waals surface area contributed by atoms with E-state index in [9.17, 15) is 5.11 Å². The molecule has 92 valence electrons. The first-order chi connectivity index (χ1) is 7.47. The van der Waals surface area contributed by atoms with Crippen LogP contribution in [0.2, 0.25) is 0 Å². The molecule has 4 heteroatoms. The summed E-state index contributed by atoms with van der Waals surface area (Å²) in [7, 11) is 1.97. The Balaban J connectivity index is 2.38. The second kappa shape index (κ2) is 5.46. The number of nitrogens with one attached hydrogen (secondary N) is 1. The second-order valence-corrected chi connectivity index (χ2v) is 4.72. The van der Waals surface area contributed by atoms with Crippen molar-refractivity contribution in [3.8, 4) is 0 Å². The molecule has 0 fully saturated rings. The molecule has 2 N–H and O–H groups in total. The van der Waals surface area contributed by atoms with Crippen LogP contribution in [-0.4, -0.2) is 26.8 Å². The van der Waals surface area contributed by atoms with Crippen molar-refractivity contribution < 1.29 is 5.11 Å². The second-order valence-electron chi connectivity index (χ2n) is 4.72. The molecule has 0 radical (unpaired) electrons. The average molecular weight is 225 g/mol. The fraction of sp³-hybridized carbons (Fsp3) is 0.750. The summed E-state index contributed by atoms with van der Waals surface area (Å²) in [5, 5.41) is 13.4. The Labute approximate surface area is 97.7 Å². The molecule has 2 unspecified atom stereocenters. The third-order valence-electron chi connectivity index (χ3n) is 3.36. The van der Waals surface area contributed by atoms with Crippen LogP contribution in [-0.2, 0) is 13.6 Å². The highest BCUT2D eigenvalue weighted by molar-refractivity contribution is 4.91. The quantitative estimate of drug-likeness (QED) is 0.767. The van der Waals surface area contributed by atoms with Crippen LogP contribution in [0.4, 0.5) is 0 Å². The third-order valence-corrected chi connectivity index (χ3v) is 3.36. The van der Waals surface area contributed by atoms with Gasteiger partial charge in [-0.2, -0.15) is 0 Å². The van der Waals surface area contributed by atoms with Crippen molar-refractivity contribution in [2.24, 2.45) is 13.0 Å². The highest BCUT2D eigenvalue weighted by atomic mass is 16.3. The van der Waals surface area contributed by atoms with Crippen LogP contribution in [0.15, 0.2) is 12.4 Å². The normalized spacial score (nSPS) is 17.1. The lowest BCUT2D eigenvalue weighted by molar-refractivity contribution is 0.00518. The number of nitrogens with zero attached hydrogens (tertiary/aromatic N) is 2. The van der Waals surface area contributed by atoms with Gasteiger partial charge in [0.15, 0.2) is 0 Å². The Kier molecular flexibility index (Phi) is 4.50. The summed E-state index contributed by atoms with van der Waals surface area (Å²) < 4.78 is 1.98. The predicted octanol–water partition coefficient (Wildman–Crippen LogP) is 1.31. The molecule has 0 spiro atoms. The zero-order chi connectivity index (χ0) is 12.2. The van der Waals surface area contributed by atoms with Crippen molar-refractivity contribution in [2.75, 3.05) is 6.54 Å². The molecule has 0 aliphatic carbocycles. The first-order valence-electron chi connectivity index (χ1n) is 5.86. The summed E-state index contributed by atoms with van der Waals surface area (Å²) in [6.45, 7) is 7.33. The predicted molar refractivity (Wildman–Crippen MR) is 65.0 cm³/mol. The van der Waals surface area contributed by atoms with E-state index in [1.165, 1.54) is 0 Å². The summed E-state index contributed by atoms with van der Waals surface area (Å²) >= 11 is 0. The number of rotatable bonds is 6. The smallest absolute Gasteiger partial charge is 0.122 e. The number of aromatic nitrogens is 2. The van der Waals surface area contributed by atoms with Gasteiger partial charge in [0.25, 0.3) is 0 Å². The van der Waals surface area contributed by atoms with Crippen LogP contribution in [0, 0.1) is 5.92 Å². The summed E-state index contributed by atoms with van der Waals surface area (Å²) in [4.78, 5) is 4.22. The fourth-order valence-corrected chi connectivity index (χ4v) is 1.61. The summed E-state index contributed by atoms with van der Waals surface area (Å²) in [6, 6.07) is 0. The third kappa shape index (κ3) is 3.32. The SMILES string of the molecule is CCC(C)C(C)(O)CNCc1nccn1C. The number of aryl methyl sites for hydroxylation is 1. The molecule has 0 aliphatic heterocycles. The van der Waals surface area contributed by atoms with Crippen LogP contribution in [0.3, 0.4) is 0 Å². The van der Waals surface area contributed by atoms with Crippen LogP contribution in [0.25, 0.3) is 0 Å². The minimum Gasteiger partial charge on any atom is -0.389 e. The lowest BCUT2D eigenvalue weighted by atomic mass is 9.89. The topological polar surface area (TPSA) is 50.1 Å². The molecule has 0 aliphatic rings. The van der Waals surface area contributed by atoms with Crippen molar-refractivity contribution in [3.63, 3.8) is 0 Å². The minimum absolute atomic E-state index is 0.293. The highest BCUT2D eigenvalue weighted by Gasteiger charge is 2.26. The Morgan fingerprint density at radius 1 is 1.62 bits per heavy atom. The molecule has 0 saturated heterocycles. The van der Waals surface area contributed by atoms with Crippen LogP contribution < -0.4 is 5.32 Å². The summed E-state index contributed by atoms with van der Waals surface area (Å²) in [5.41, 5.74) is -0.653. The van der Waals surface area contributed by atoms with E-state index < -0.39 is 5.60 Å². The molecule has 1 aromatic heterocycles. The molecule has 4 nitrogen and oxygen atoms in total. The van der Waals surface area contributed by atoms with Gasteiger partial charge in [0.1, 0.15) is 5.82 Å². The van der Waals surface area contributed by atoms with Gasteiger partial charge in [0.2, 0.25) is 0 Å². The van der Waals surface area contributed by atoms with Gasteiger partial charge in [-0.25, -0.2) is 4.98 Å². The van der Waals surface area contributed by atoms with Crippen molar-refractivity contribution >= 4 is 0 Å². The minimum atomic E-state index is -0.653. The summed E-state index contributed by atoms with van der Waals surface area (Å²) in [6.07, 6.45) is 4.69. The lowest BCUT2D eigenvalue weighted by Crippen LogP contribution is -2.43. The van der Waals surface area contributed by atoms with Crippen LogP contribution >= 0.6 is 0 Å². The van der Waals surface area contributed by atoms with E-state index in [1.807, 2.05) is 24.7 Å². The average Bonchev–Trinajstić information content (AvgIpc) is 2.63. The lowest BCUT2D eigenvalue weighted by Gasteiger charge is -2.29. The number of aliphatic hydroxyl groups is 1. The maximum Gasteiger partial charge on any atom is 0.122 e. The number of imidazole rings is 1. The Bertz CT molecular complexity index is 320. The first-order valence-corrected chi connectivity index (χ1v) is 5.86. The molecule has 0 aromatic carbocycles. The Morgan fingerprint density at radius 3 is 2.81 bits per heavy atom. The molecule has 1 aromatic rings. The summed E-state index contributed by atoms with van der Waals surface area (Å²) in [5.74, 6) is 1.28. The van der Waals surface area contributed by atoms with Gasteiger partial charge < -0.3 is 15.0 Å². The molecule has 0 amide bonds. The molecule has 0 bridgehead atoms. The van der Waals surface area contributed by atoms with E-state index in [0.717, 1.165) is 12.2 Å². The van der Waals surface area contributed by atoms with Crippen LogP contribution in [0.5, 0.6) is 0 Å². The molecule has 0 saturated carbocycles. The van der Waals surface area contributed by atoms with Crippen molar-refractivity contribution in [1.82, 2.24) is 14.9 Å². The van der Waals surface area contributed by atoms with Gasteiger partial charge in [0.05, 0.1) is 12.1 Å². The molecular formula is C12H23N3O. The number of hydrogen-bond donors (Lipinski definition) is 2. The van der Waals surface area contributed by atoms with E-state index in [0.29, 0.717) is 19.0 Å². The Morgan fingerprint density at radius 2 is 2.31 bits per heavy atom. The van der Waals surface area contributed by atoms with Gasteiger partial charge in [0, 0.05) is 26.0 Å². The van der Waals surface area contributed by atoms with Gasteiger partial charge in [-0.05, 0) is 12.8 Å². The van der Waals surface area contributed by atoms with Crippen molar-refractivity contribution in [2.45, 2.75) is 39.3 Å². The molecule has 1 heterocycles. The van der Waals surface area contributed by atoms with E-state index in [1.54, 1.807) is 6.20 Å². The zero-order valence-electron chi connectivity index (χ0n) is 10.7. The van der Waals surface area contributed by atoms with Gasteiger partial charge in [-0.1, -0.05) is 20.3 Å². The highest BCUT2D eigenvalue weighted by Crippen LogP contribution is 2.18.